The van der Waals surface area contributed by atoms with Crippen molar-refractivity contribution in [1.29, 1.82) is 5.26 Å². The Morgan fingerprint density at radius 3 is 3.00 bits per heavy atom. The van der Waals surface area contributed by atoms with Crippen LogP contribution in [0.5, 0.6) is 0 Å². The van der Waals surface area contributed by atoms with Gasteiger partial charge in [0.05, 0.1) is 17.7 Å². The van der Waals surface area contributed by atoms with Crippen LogP contribution < -0.4 is 11.2 Å². The van der Waals surface area contributed by atoms with Crippen molar-refractivity contribution in [3.05, 3.63) is 23.4 Å². The lowest BCUT2D eigenvalue weighted by atomic mass is 10.2. The Morgan fingerprint density at radius 1 is 1.86 bits per heavy atom. The zero-order chi connectivity index (χ0) is 10.7. The Labute approximate surface area is 80.9 Å². The number of allylic oxidation sites excluding steroid dienone is 1. The molecule has 0 aromatic carbocycles. The lowest BCUT2D eigenvalue weighted by Crippen LogP contribution is -2.43. The highest BCUT2D eigenvalue weighted by Gasteiger charge is 2.22. The molecule has 0 spiro atoms. The number of hydrogen-bond donors (Lipinski definition) is 3. The van der Waals surface area contributed by atoms with Crippen LogP contribution in [0.25, 0.3) is 0 Å². The van der Waals surface area contributed by atoms with Crippen molar-refractivity contribution < 1.29 is 9.90 Å². The molecule has 0 bridgehead atoms. The third kappa shape index (κ3) is 1.67. The first kappa shape index (κ1) is 10.1. The molecular formula is C8H10N4O2. The Morgan fingerprint density at radius 2 is 2.50 bits per heavy atom. The molecule has 1 aliphatic rings. The molecule has 14 heavy (non-hydrogen) atoms. The number of rotatable bonds is 1. The number of nitriles is 1. The molecular weight excluding hydrogens is 184 g/mol. The van der Waals surface area contributed by atoms with Gasteiger partial charge in [-0.2, -0.15) is 5.26 Å². The average Bonchev–Trinajstić information content (AvgIpc) is 2.15. The number of aliphatic hydroxyl groups excluding tert-OH is 1. The van der Waals surface area contributed by atoms with E-state index in [4.69, 9.17) is 11.1 Å². The van der Waals surface area contributed by atoms with Crippen molar-refractivity contribution in [1.82, 2.24) is 10.3 Å². The van der Waals surface area contributed by atoms with Gasteiger partial charge < -0.3 is 10.4 Å². The summed E-state index contributed by atoms with van der Waals surface area (Å²) >= 11 is 0. The summed E-state index contributed by atoms with van der Waals surface area (Å²) in [6.07, 6.45) is 1.36. The fraction of sp³-hybridized carbons (Fsp3) is 0.250. The zero-order valence-corrected chi connectivity index (χ0v) is 7.61. The minimum absolute atomic E-state index is 0.125. The van der Waals surface area contributed by atoms with E-state index in [0.717, 1.165) is 11.1 Å². The normalized spacial score (nSPS) is 19.6. The second kappa shape index (κ2) is 3.81. The third-order valence-corrected chi connectivity index (χ3v) is 1.76. The molecule has 0 radical (unpaired) electrons. The highest BCUT2D eigenvalue weighted by atomic mass is 16.3. The van der Waals surface area contributed by atoms with Crippen molar-refractivity contribution in [3.8, 4) is 6.07 Å². The molecule has 0 fully saturated rings. The molecule has 1 aliphatic heterocycles. The van der Waals surface area contributed by atoms with Crippen molar-refractivity contribution in [2.45, 2.75) is 13.3 Å². The number of amides is 1. The van der Waals surface area contributed by atoms with Crippen LogP contribution in [-0.4, -0.2) is 16.0 Å². The minimum Gasteiger partial charge on any atom is -0.493 e. The third-order valence-electron chi connectivity index (χ3n) is 1.76. The van der Waals surface area contributed by atoms with Crippen molar-refractivity contribution in [2.24, 2.45) is 5.84 Å². The van der Waals surface area contributed by atoms with Gasteiger partial charge in [0.15, 0.2) is 0 Å². The van der Waals surface area contributed by atoms with E-state index in [0.29, 0.717) is 12.0 Å². The Bertz CT molecular complexity index is 364. The average molecular weight is 194 g/mol. The quantitative estimate of drug-likeness (QED) is 0.397. The van der Waals surface area contributed by atoms with Gasteiger partial charge in [-0.1, -0.05) is 6.92 Å². The standard InChI is InChI=1S/C8H10N4O2/c1-2-5(4-9)8-11-6(13)3-7(14)12(8)10/h3,14H,2,10H2,1H3,(H,11,13)/b8-5+. The number of carbonyl (C=O) groups is 1. The zero-order valence-electron chi connectivity index (χ0n) is 7.61. The second-order valence-electron chi connectivity index (χ2n) is 2.65. The molecule has 0 saturated heterocycles. The van der Waals surface area contributed by atoms with Gasteiger partial charge in [-0.05, 0) is 6.42 Å². The van der Waals surface area contributed by atoms with Crippen LogP contribution in [-0.2, 0) is 4.79 Å². The molecule has 6 nitrogen and oxygen atoms in total. The van der Waals surface area contributed by atoms with Crippen molar-refractivity contribution in [3.63, 3.8) is 0 Å². The van der Waals surface area contributed by atoms with Crippen LogP contribution in [0.2, 0.25) is 0 Å². The predicted octanol–water partition coefficient (Wildman–Crippen LogP) is -0.164. The fourth-order valence-corrected chi connectivity index (χ4v) is 1.03. The lowest BCUT2D eigenvalue weighted by Gasteiger charge is -2.25. The van der Waals surface area contributed by atoms with Gasteiger partial charge in [-0.15, -0.1) is 0 Å². The van der Waals surface area contributed by atoms with E-state index in [9.17, 15) is 9.90 Å². The van der Waals surface area contributed by atoms with E-state index in [1.807, 2.05) is 6.07 Å². The van der Waals surface area contributed by atoms with Crippen LogP contribution in [0.1, 0.15) is 13.3 Å². The molecule has 1 heterocycles. The van der Waals surface area contributed by atoms with Gasteiger partial charge in [0.1, 0.15) is 5.82 Å². The fourth-order valence-electron chi connectivity index (χ4n) is 1.03. The summed E-state index contributed by atoms with van der Waals surface area (Å²) in [6, 6.07) is 1.90. The minimum atomic E-state index is -0.500. The number of carbonyl (C=O) groups excluding carboxylic acids is 1. The SMILES string of the molecule is CC/C(C#N)=C1/NC(=O)C=C(O)N1N. The maximum Gasteiger partial charge on any atom is 0.254 e. The topological polar surface area (TPSA) is 102 Å². The first-order chi connectivity index (χ1) is 6.60. The molecule has 74 valence electrons. The maximum atomic E-state index is 11.0. The summed E-state index contributed by atoms with van der Waals surface area (Å²) in [5.41, 5.74) is 0.306. The Balaban J connectivity index is 3.16. The van der Waals surface area contributed by atoms with E-state index in [1.165, 1.54) is 0 Å². The highest BCUT2D eigenvalue weighted by molar-refractivity contribution is 5.90. The van der Waals surface area contributed by atoms with Crippen molar-refractivity contribution in [2.75, 3.05) is 0 Å². The van der Waals surface area contributed by atoms with Crippen LogP contribution in [0, 0.1) is 11.3 Å². The predicted molar refractivity (Wildman–Crippen MR) is 47.8 cm³/mol. The van der Waals surface area contributed by atoms with Gasteiger partial charge in [0.25, 0.3) is 5.91 Å². The first-order valence-electron chi connectivity index (χ1n) is 3.99. The number of nitrogens with one attached hydrogen (secondary N) is 1. The second-order valence-corrected chi connectivity index (χ2v) is 2.65. The van der Waals surface area contributed by atoms with Gasteiger partial charge in [-0.3, -0.25) is 4.79 Å². The molecule has 4 N–H and O–H groups in total. The van der Waals surface area contributed by atoms with E-state index >= 15 is 0 Å². The number of hydrazine groups is 1. The molecule has 6 heteroatoms. The molecule has 0 saturated carbocycles. The summed E-state index contributed by atoms with van der Waals surface area (Å²) in [5.74, 6) is 4.67. The first-order valence-corrected chi connectivity index (χ1v) is 3.99. The Kier molecular flexibility index (Phi) is 2.74. The lowest BCUT2D eigenvalue weighted by molar-refractivity contribution is -0.117. The van der Waals surface area contributed by atoms with Gasteiger partial charge in [-0.25, -0.2) is 10.9 Å². The maximum absolute atomic E-state index is 11.0. The van der Waals surface area contributed by atoms with E-state index in [2.05, 4.69) is 5.32 Å². The summed E-state index contributed by atoms with van der Waals surface area (Å²) in [4.78, 5) is 11.0. The summed E-state index contributed by atoms with van der Waals surface area (Å²) in [7, 11) is 0. The van der Waals surface area contributed by atoms with E-state index in [1.54, 1.807) is 6.92 Å². The molecule has 0 aliphatic carbocycles. The molecule has 1 amide bonds. The van der Waals surface area contributed by atoms with Crippen LogP contribution in [0.4, 0.5) is 0 Å². The summed E-state index contributed by atoms with van der Waals surface area (Å²) < 4.78 is 0. The van der Waals surface area contributed by atoms with Gasteiger partial charge in [0.2, 0.25) is 5.88 Å². The van der Waals surface area contributed by atoms with Crippen LogP contribution >= 0.6 is 0 Å². The number of nitrogens with zero attached hydrogens (tertiary/aromatic N) is 2. The molecule has 0 atom stereocenters. The summed E-state index contributed by atoms with van der Waals surface area (Å²) in [5, 5.41) is 21.2. The Hall–Kier alpha value is -2.00. The highest BCUT2D eigenvalue weighted by Crippen LogP contribution is 2.14. The molecule has 1 rings (SSSR count). The largest absolute Gasteiger partial charge is 0.493 e. The molecule has 0 aromatic heterocycles. The monoisotopic (exact) mass is 194 g/mol. The van der Waals surface area contributed by atoms with E-state index < -0.39 is 5.91 Å². The smallest absolute Gasteiger partial charge is 0.254 e. The molecule has 0 unspecified atom stereocenters. The van der Waals surface area contributed by atoms with Crippen molar-refractivity contribution >= 4 is 5.91 Å². The van der Waals surface area contributed by atoms with Crippen LogP contribution in [0.15, 0.2) is 23.4 Å². The van der Waals surface area contributed by atoms with Gasteiger partial charge in [0, 0.05) is 0 Å². The van der Waals surface area contributed by atoms with Gasteiger partial charge >= 0.3 is 0 Å². The van der Waals surface area contributed by atoms with Crippen LogP contribution in [0.3, 0.4) is 0 Å². The molecule has 0 aromatic rings. The number of aliphatic hydroxyl groups is 1. The number of hydrogen-bond acceptors (Lipinski definition) is 5. The number of nitrogens with two attached hydrogens (primary N) is 1. The van der Waals surface area contributed by atoms with E-state index in [-0.39, 0.29) is 11.7 Å². The summed E-state index contributed by atoms with van der Waals surface area (Å²) in [6.45, 7) is 1.75.